The Balaban J connectivity index is 1.54. The SMILES string of the molecule is O=C(Nc1cccc(S(=O)(=O)NC2=NCCC2)c1)c1cc2ccccc2s1. The van der Waals surface area contributed by atoms with Gasteiger partial charge in [0.25, 0.3) is 15.9 Å². The van der Waals surface area contributed by atoms with Crippen LogP contribution in [-0.4, -0.2) is 26.7 Å². The molecule has 27 heavy (non-hydrogen) atoms. The van der Waals surface area contributed by atoms with Gasteiger partial charge in [-0.2, -0.15) is 0 Å². The van der Waals surface area contributed by atoms with Crippen LogP contribution in [0.5, 0.6) is 0 Å². The Labute approximate surface area is 161 Å². The first-order valence-electron chi connectivity index (χ1n) is 8.47. The molecule has 6 nitrogen and oxygen atoms in total. The Hall–Kier alpha value is -2.71. The number of nitrogens with one attached hydrogen (secondary N) is 2. The largest absolute Gasteiger partial charge is 0.321 e. The Kier molecular flexibility index (Phi) is 4.67. The number of amidine groups is 1. The van der Waals surface area contributed by atoms with Crippen molar-refractivity contribution in [3.8, 4) is 0 Å². The predicted molar refractivity (Wildman–Crippen MR) is 108 cm³/mol. The molecule has 1 aliphatic rings. The van der Waals surface area contributed by atoms with Crippen LogP contribution < -0.4 is 10.0 Å². The molecule has 0 saturated carbocycles. The summed E-state index contributed by atoms with van der Waals surface area (Å²) in [5.41, 5.74) is 0.425. The Morgan fingerprint density at radius 3 is 2.70 bits per heavy atom. The van der Waals surface area contributed by atoms with Crippen LogP contribution in [-0.2, 0) is 10.0 Å². The summed E-state index contributed by atoms with van der Waals surface area (Å²) in [5.74, 6) is 0.216. The van der Waals surface area contributed by atoms with Gasteiger partial charge in [-0.25, -0.2) is 8.42 Å². The van der Waals surface area contributed by atoms with Crippen LogP contribution in [0, 0.1) is 0 Å². The van der Waals surface area contributed by atoms with Crippen molar-refractivity contribution in [1.29, 1.82) is 0 Å². The van der Waals surface area contributed by atoms with Crippen LogP contribution >= 0.6 is 11.3 Å². The number of fused-ring (bicyclic) bond motifs is 1. The van der Waals surface area contributed by atoms with E-state index < -0.39 is 10.0 Å². The van der Waals surface area contributed by atoms with Gasteiger partial charge in [0.05, 0.1) is 9.77 Å². The van der Waals surface area contributed by atoms with Crippen molar-refractivity contribution in [2.45, 2.75) is 17.7 Å². The molecule has 2 N–H and O–H groups in total. The van der Waals surface area contributed by atoms with Gasteiger partial charge in [-0.3, -0.25) is 14.5 Å². The Bertz CT molecular complexity index is 1120. The van der Waals surface area contributed by atoms with E-state index in [9.17, 15) is 13.2 Å². The van der Waals surface area contributed by atoms with Gasteiger partial charge in [-0.15, -0.1) is 11.3 Å². The van der Waals surface area contributed by atoms with Crippen molar-refractivity contribution >= 4 is 48.9 Å². The van der Waals surface area contributed by atoms with Crippen LogP contribution in [0.15, 0.2) is 64.5 Å². The highest BCUT2D eigenvalue weighted by Gasteiger charge is 2.19. The molecule has 2 aromatic carbocycles. The number of hydrogen-bond donors (Lipinski definition) is 2. The number of hydrogen-bond acceptors (Lipinski definition) is 5. The summed E-state index contributed by atoms with van der Waals surface area (Å²) in [7, 11) is -3.72. The fourth-order valence-electron chi connectivity index (χ4n) is 2.86. The molecule has 1 aromatic heterocycles. The third-order valence-electron chi connectivity index (χ3n) is 4.18. The lowest BCUT2D eigenvalue weighted by molar-refractivity contribution is 0.103. The maximum Gasteiger partial charge on any atom is 0.265 e. The molecule has 0 bridgehead atoms. The fourth-order valence-corrected chi connectivity index (χ4v) is 4.96. The van der Waals surface area contributed by atoms with E-state index in [4.69, 9.17) is 0 Å². The van der Waals surface area contributed by atoms with Crippen molar-refractivity contribution in [3.05, 3.63) is 59.5 Å². The predicted octanol–water partition coefficient (Wildman–Crippen LogP) is 3.62. The summed E-state index contributed by atoms with van der Waals surface area (Å²) in [6.45, 7) is 0.642. The Morgan fingerprint density at radius 2 is 1.93 bits per heavy atom. The highest BCUT2D eigenvalue weighted by atomic mass is 32.2. The molecule has 4 rings (SSSR count). The van der Waals surface area contributed by atoms with Gasteiger partial charge in [0.15, 0.2) is 0 Å². The van der Waals surface area contributed by atoms with E-state index in [1.54, 1.807) is 12.1 Å². The lowest BCUT2D eigenvalue weighted by atomic mass is 10.2. The average Bonchev–Trinajstić information content (AvgIpc) is 3.31. The Morgan fingerprint density at radius 1 is 1.07 bits per heavy atom. The monoisotopic (exact) mass is 399 g/mol. The maximum absolute atomic E-state index is 12.5. The van der Waals surface area contributed by atoms with E-state index in [0.717, 1.165) is 16.5 Å². The lowest BCUT2D eigenvalue weighted by Crippen LogP contribution is -2.29. The minimum absolute atomic E-state index is 0.0891. The van der Waals surface area contributed by atoms with E-state index in [0.29, 0.717) is 29.4 Å². The van der Waals surface area contributed by atoms with Crippen molar-refractivity contribution in [2.24, 2.45) is 4.99 Å². The van der Waals surface area contributed by atoms with Gasteiger partial charge >= 0.3 is 0 Å². The fraction of sp³-hybridized carbons (Fsp3) is 0.158. The third-order valence-corrected chi connectivity index (χ3v) is 6.67. The van der Waals surface area contributed by atoms with E-state index in [1.807, 2.05) is 30.3 Å². The number of benzene rings is 2. The summed E-state index contributed by atoms with van der Waals surface area (Å²) < 4.78 is 28.6. The third kappa shape index (κ3) is 3.86. The number of anilines is 1. The number of aliphatic imine (C=N–C) groups is 1. The normalized spacial score (nSPS) is 14.1. The van der Waals surface area contributed by atoms with Crippen molar-refractivity contribution < 1.29 is 13.2 Å². The molecule has 0 spiro atoms. The molecular weight excluding hydrogens is 382 g/mol. The quantitative estimate of drug-likeness (QED) is 0.702. The van der Waals surface area contributed by atoms with Crippen molar-refractivity contribution in [1.82, 2.24) is 4.72 Å². The minimum Gasteiger partial charge on any atom is -0.321 e. The van der Waals surface area contributed by atoms with E-state index in [-0.39, 0.29) is 10.8 Å². The number of carbonyl (C=O) groups excluding carboxylic acids is 1. The first-order valence-corrected chi connectivity index (χ1v) is 10.8. The van der Waals surface area contributed by atoms with Gasteiger partial charge < -0.3 is 5.32 Å². The molecule has 0 atom stereocenters. The molecule has 1 amide bonds. The second kappa shape index (κ2) is 7.13. The first-order chi connectivity index (χ1) is 13.0. The zero-order chi connectivity index (χ0) is 18.9. The van der Waals surface area contributed by atoms with Gasteiger partial charge in [0, 0.05) is 23.4 Å². The first kappa shape index (κ1) is 17.7. The number of sulfonamides is 1. The highest BCUT2D eigenvalue weighted by Crippen LogP contribution is 2.26. The number of amides is 1. The average molecular weight is 399 g/mol. The topological polar surface area (TPSA) is 87.6 Å². The molecule has 0 fully saturated rings. The molecule has 0 saturated heterocycles. The number of carbonyl (C=O) groups is 1. The van der Waals surface area contributed by atoms with Gasteiger partial charge in [-0.05, 0) is 42.1 Å². The summed E-state index contributed by atoms with van der Waals surface area (Å²) in [4.78, 5) is 17.3. The number of nitrogens with zero attached hydrogens (tertiary/aromatic N) is 1. The second-order valence-corrected chi connectivity index (χ2v) is 8.93. The maximum atomic E-state index is 12.5. The number of thiophene rings is 1. The van der Waals surface area contributed by atoms with Crippen LogP contribution in [0.1, 0.15) is 22.5 Å². The smallest absolute Gasteiger partial charge is 0.265 e. The summed E-state index contributed by atoms with van der Waals surface area (Å²) in [6.07, 6.45) is 1.48. The van der Waals surface area contributed by atoms with E-state index in [2.05, 4.69) is 15.0 Å². The summed E-state index contributed by atoms with van der Waals surface area (Å²) >= 11 is 1.40. The molecule has 0 unspecified atom stereocenters. The van der Waals surface area contributed by atoms with Crippen LogP contribution in [0.3, 0.4) is 0 Å². The molecule has 1 aliphatic heterocycles. The van der Waals surface area contributed by atoms with Crippen LogP contribution in [0.4, 0.5) is 5.69 Å². The molecule has 0 radical (unpaired) electrons. The zero-order valence-corrected chi connectivity index (χ0v) is 15.9. The zero-order valence-electron chi connectivity index (χ0n) is 14.3. The van der Waals surface area contributed by atoms with Crippen molar-refractivity contribution in [3.63, 3.8) is 0 Å². The standard InChI is InChI=1S/C19H17N3O3S2/c23-19(17-11-13-5-1-2-8-16(13)26-17)21-14-6-3-7-15(12-14)27(24,25)22-18-9-4-10-20-18/h1-3,5-8,11-12H,4,9-10H2,(H,20,22)(H,21,23). The minimum atomic E-state index is -3.72. The lowest BCUT2D eigenvalue weighted by Gasteiger charge is -2.09. The van der Waals surface area contributed by atoms with Gasteiger partial charge in [0.2, 0.25) is 0 Å². The molecule has 2 heterocycles. The van der Waals surface area contributed by atoms with Gasteiger partial charge in [0.1, 0.15) is 5.84 Å². The molecule has 8 heteroatoms. The molecule has 138 valence electrons. The van der Waals surface area contributed by atoms with Crippen LogP contribution in [0.2, 0.25) is 0 Å². The summed E-state index contributed by atoms with van der Waals surface area (Å²) in [5, 5.41) is 3.78. The molecule has 3 aromatic rings. The van der Waals surface area contributed by atoms with Gasteiger partial charge in [-0.1, -0.05) is 24.3 Å². The molecular formula is C19H17N3O3S2. The molecule has 0 aliphatic carbocycles. The highest BCUT2D eigenvalue weighted by molar-refractivity contribution is 7.90. The number of rotatable bonds is 4. The van der Waals surface area contributed by atoms with Crippen LogP contribution in [0.25, 0.3) is 10.1 Å². The van der Waals surface area contributed by atoms with Crippen molar-refractivity contribution in [2.75, 3.05) is 11.9 Å². The van der Waals surface area contributed by atoms with E-state index in [1.165, 1.54) is 23.5 Å². The second-order valence-electron chi connectivity index (χ2n) is 6.17. The summed E-state index contributed by atoms with van der Waals surface area (Å²) in [6, 6.07) is 15.8. The van der Waals surface area contributed by atoms with E-state index >= 15 is 0 Å².